The SMILES string of the molecule is CCN(CCO)C1CC2CCCCN2C1. The smallest absolute Gasteiger partial charge is 0.0558 e. The van der Waals surface area contributed by atoms with Crippen LogP contribution in [-0.4, -0.2) is 59.8 Å². The first-order chi connectivity index (χ1) is 7.35. The zero-order valence-electron chi connectivity index (χ0n) is 9.86. The first-order valence-corrected chi connectivity index (χ1v) is 6.44. The lowest BCUT2D eigenvalue weighted by Crippen LogP contribution is -2.39. The van der Waals surface area contributed by atoms with Crippen molar-refractivity contribution in [1.29, 1.82) is 0 Å². The second-order valence-electron chi connectivity index (χ2n) is 4.89. The van der Waals surface area contributed by atoms with Gasteiger partial charge in [-0.15, -0.1) is 0 Å². The highest BCUT2D eigenvalue weighted by atomic mass is 16.3. The maximum atomic E-state index is 9.03. The molecule has 3 heteroatoms. The Morgan fingerprint density at radius 2 is 2.27 bits per heavy atom. The van der Waals surface area contributed by atoms with Crippen molar-refractivity contribution in [2.75, 3.05) is 32.8 Å². The van der Waals surface area contributed by atoms with Crippen molar-refractivity contribution in [3.05, 3.63) is 0 Å². The van der Waals surface area contributed by atoms with Gasteiger partial charge in [0.05, 0.1) is 6.61 Å². The van der Waals surface area contributed by atoms with Crippen LogP contribution in [0.25, 0.3) is 0 Å². The maximum Gasteiger partial charge on any atom is 0.0558 e. The van der Waals surface area contributed by atoms with E-state index in [1.165, 1.54) is 38.8 Å². The van der Waals surface area contributed by atoms with Crippen LogP contribution in [0.4, 0.5) is 0 Å². The predicted octanol–water partition coefficient (Wildman–Crippen LogP) is 0.927. The number of likely N-dealkylation sites (N-methyl/N-ethyl adjacent to an activating group) is 1. The number of aliphatic hydroxyl groups excluding tert-OH is 1. The molecule has 1 N–H and O–H groups in total. The molecule has 15 heavy (non-hydrogen) atoms. The molecule has 0 spiro atoms. The molecular weight excluding hydrogens is 188 g/mol. The maximum absolute atomic E-state index is 9.03. The van der Waals surface area contributed by atoms with E-state index in [1.54, 1.807) is 0 Å². The molecule has 0 aromatic heterocycles. The van der Waals surface area contributed by atoms with Crippen molar-refractivity contribution in [2.45, 2.75) is 44.7 Å². The third-order valence-electron chi connectivity index (χ3n) is 4.05. The molecule has 2 rings (SSSR count). The molecule has 2 heterocycles. The summed E-state index contributed by atoms with van der Waals surface area (Å²) < 4.78 is 0. The molecule has 3 nitrogen and oxygen atoms in total. The fraction of sp³-hybridized carbons (Fsp3) is 1.00. The minimum Gasteiger partial charge on any atom is -0.395 e. The summed E-state index contributed by atoms with van der Waals surface area (Å²) in [6.45, 7) is 6.96. The minimum atomic E-state index is 0.301. The van der Waals surface area contributed by atoms with E-state index in [1.807, 2.05) is 0 Å². The zero-order chi connectivity index (χ0) is 10.7. The molecule has 0 amide bonds. The molecule has 0 bridgehead atoms. The molecule has 0 radical (unpaired) electrons. The predicted molar refractivity (Wildman–Crippen MR) is 61.9 cm³/mol. The van der Waals surface area contributed by atoms with Crippen molar-refractivity contribution in [3.8, 4) is 0 Å². The number of piperidine rings is 1. The van der Waals surface area contributed by atoms with Crippen LogP contribution < -0.4 is 0 Å². The summed E-state index contributed by atoms with van der Waals surface area (Å²) in [5.74, 6) is 0. The fourth-order valence-electron chi connectivity index (χ4n) is 3.22. The fourth-order valence-corrected chi connectivity index (χ4v) is 3.22. The van der Waals surface area contributed by atoms with E-state index in [9.17, 15) is 0 Å². The van der Waals surface area contributed by atoms with Crippen LogP contribution in [0.3, 0.4) is 0 Å². The largest absolute Gasteiger partial charge is 0.395 e. The first-order valence-electron chi connectivity index (χ1n) is 6.44. The summed E-state index contributed by atoms with van der Waals surface area (Å²) in [6, 6.07) is 1.54. The van der Waals surface area contributed by atoms with E-state index >= 15 is 0 Å². The number of nitrogens with zero attached hydrogens (tertiary/aromatic N) is 2. The number of fused-ring (bicyclic) bond motifs is 1. The van der Waals surface area contributed by atoms with Crippen LogP contribution in [0.2, 0.25) is 0 Å². The van der Waals surface area contributed by atoms with E-state index in [2.05, 4.69) is 16.7 Å². The summed E-state index contributed by atoms with van der Waals surface area (Å²) >= 11 is 0. The highest BCUT2D eigenvalue weighted by Crippen LogP contribution is 2.29. The van der Waals surface area contributed by atoms with Gasteiger partial charge in [0.2, 0.25) is 0 Å². The number of hydrogen-bond donors (Lipinski definition) is 1. The van der Waals surface area contributed by atoms with Crippen molar-refractivity contribution in [3.63, 3.8) is 0 Å². The Labute approximate surface area is 93.1 Å². The topological polar surface area (TPSA) is 26.7 Å². The van der Waals surface area contributed by atoms with Crippen molar-refractivity contribution < 1.29 is 5.11 Å². The average molecular weight is 212 g/mol. The van der Waals surface area contributed by atoms with Gasteiger partial charge >= 0.3 is 0 Å². The first kappa shape index (κ1) is 11.4. The second-order valence-corrected chi connectivity index (χ2v) is 4.89. The summed E-state index contributed by atoms with van der Waals surface area (Å²) in [6.07, 6.45) is 5.52. The van der Waals surface area contributed by atoms with Gasteiger partial charge in [-0.25, -0.2) is 0 Å². The van der Waals surface area contributed by atoms with Gasteiger partial charge in [-0.1, -0.05) is 13.3 Å². The Hall–Kier alpha value is -0.120. The molecule has 0 aromatic rings. The molecule has 88 valence electrons. The van der Waals surface area contributed by atoms with Gasteiger partial charge in [-0.05, 0) is 32.4 Å². The highest BCUT2D eigenvalue weighted by molar-refractivity contribution is 4.92. The average Bonchev–Trinajstić information content (AvgIpc) is 2.69. The van der Waals surface area contributed by atoms with Crippen LogP contribution in [0.15, 0.2) is 0 Å². The van der Waals surface area contributed by atoms with Crippen LogP contribution in [0.5, 0.6) is 0 Å². The van der Waals surface area contributed by atoms with E-state index in [0.29, 0.717) is 12.6 Å². The molecular formula is C12H24N2O. The molecule has 0 aromatic carbocycles. The lowest BCUT2D eigenvalue weighted by molar-refractivity contribution is 0.153. The molecule has 2 fully saturated rings. The molecule has 2 unspecified atom stereocenters. The van der Waals surface area contributed by atoms with Crippen LogP contribution >= 0.6 is 0 Å². The normalized spacial score (nSPS) is 32.2. The lowest BCUT2D eigenvalue weighted by atomic mass is 10.0. The lowest BCUT2D eigenvalue weighted by Gasteiger charge is -2.29. The molecule has 2 aliphatic heterocycles. The van der Waals surface area contributed by atoms with E-state index < -0.39 is 0 Å². The van der Waals surface area contributed by atoms with Crippen molar-refractivity contribution in [1.82, 2.24) is 9.80 Å². The van der Waals surface area contributed by atoms with E-state index in [4.69, 9.17) is 5.11 Å². The Morgan fingerprint density at radius 3 is 2.93 bits per heavy atom. The van der Waals surface area contributed by atoms with Gasteiger partial charge in [0.15, 0.2) is 0 Å². The van der Waals surface area contributed by atoms with Crippen LogP contribution in [0, 0.1) is 0 Å². The van der Waals surface area contributed by atoms with Crippen molar-refractivity contribution >= 4 is 0 Å². The summed E-state index contributed by atoms with van der Waals surface area (Å²) in [4.78, 5) is 5.10. The van der Waals surface area contributed by atoms with E-state index in [-0.39, 0.29) is 0 Å². The van der Waals surface area contributed by atoms with E-state index in [0.717, 1.165) is 19.1 Å². The van der Waals surface area contributed by atoms with Gasteiger partial charge in [0.25, 0.3) is 0 Å². The molecule has 0 saturated carbocycles. The van der Waals surface area contributed by atoms with Gasteiger partial charge in [0.1, 0.15) is 0 Å². The number of hydrogen-bond acceptors (Lipinski definition) is 3. The third-order valence-corrected chi connectivity index (χ3v) is 4.05. The van der Waals surface area contributed by atoms with Crippen LogP contribution in [0.1, 0.15) is 32.6 Å². The highest BCUT2D eigenvalue weighted by Gasteiger charge is 2.35. The summed E-state index contributed by atoms with van der Waals surface area (Å²) in [5.41, 5.74) is 0. The Balaban J connectivity index is 1.89. The minimum absolute atomic E-state index is 0.301. The molecule has 2 atom stereocenters. The van der Waals surface area contributed by atoms with Gasteiger partial charge < -0.3 is 5.11 Å². The number of rotatable bonds is 4. The molecule has 2 saturated heterocycles. The molecule has 0 aliphatic carbocycles. The Morgan fingerprint density at radius 1 is 1.40 bits per heavy atom. The van der Waals surface area contributed by atoms with Crippen molar-refractivity contribution in [2.24, 2.45) is 0 Å². The third kappa shape index (κ3) is 2.52. The summed E-state index contributed by atoms with van der Waals surface area (Å²) in [5, 5.41) is 9.03. The number of aliphatic hydroxyl groups is 1. The zero-order valence-corrected chi connectivity index (χ0v) is 9.86. The van der Waals surface area contributed by atoms with Gasteiger partial charge in [-0.2, -0.15) is 0 Å². The van der Waals surface area contributed by atoms with Gasteiger partial charge in [0, 0.05) is 25.2 Å². The monoisotopic (exact) mass is 212 g/mol. The quantitative estimate of drug-likeness (QED) is 0.751. The standard InChI is InChI=1S/C12H24N2O/c1-2-13(7-8-15)12-9-11-5-3-4-6-14(11)10-12/h11-12,15H,2-10H2,1H3. The Kier molecular flexibility index (Phi) is 4.00. The summed E-state index contributed by atoms with van der Waals surface area (Å²) in [7, 11) is 0. The van der Waals surface area contributed by atoms with Gasteiger partial charge in [-0.3, -0.25) is 9.80 Å². The van der Waals surface area contributed by atoms with Crippen LogP contribution in [-0.2, 0) is 0 Å². The molecule has 2 aliphatic rings. The second kappa shape index (κ2) is 5.28. The Bertz CT molecular complexity index is 184.